The number of carboxylic acids is 2. The molecule has 3 N–H and O–H groups in total. The first-order valence-corrected chi connectivity index (χ1v) is 11.9. The van der Waals surface area contributed by atoms with E-state index in [1.807, 2.05) is 0 Å². The number of aliphatic carboxylic acids is 1. The van der Waals surface area contributed by atoms with E-state index in [-0.39, 0.29) is 21.2 Å². The highest BCUT2D eigenvalue weighted by atomic mass is 35.5. The van der Waals surface area contributed by atoms with Gasteiger partial charge in [0.05, 0.1) is 22.0 Å². The van der Waals surface area contributed by atoms with Crippen LogP contribution < -0.4 is 9.62 Å². The quantitative estimate of drug-likeness (QED) is 0.512. The average molecular weight is 523 g/mol. The lowest BCUT2D eigenvalue weighted by atomic mass is 10.1. The molecule has 13 heteroatoms. The van der Waals surface area contributed by atoms with Gasteiger partial charge < -0.3 is 15.1 Å². The Bertz CT molecular complexity index is 1130. The van der Waals surface area contributed by atoms with Crippen LogP contribution in [0.2, 0.25) is 5.02 Å². The topological polar surface area (TPSA) is 124 Å². The van der Waals surface area contributed by atoms with Gasteiger partial charge in [-0.1, -0.05) is 36.6 Å². The third-order valence-corrected chi connectivity index (χ3v) is 6.67. The minimum Gasteiger partial charge on any atom is -0.478 e. The number of nitrogens with one attached hydrogen (secondary N) is 1. The van der Waals surface area contributed by atoms with E-state index in [1.165, 1.54) is 24.3 Å². The zero-order valence-electron chi connectivity index (χ0n) is 17.7. The number of carboxylic acid groups (broad SMARTS) is 2. The number of carbonyl (C=O) groups is 2. The lowest BCUT2D eigenvalue weighted by Crippen LogP contribution is -2.26. The maximum atomic E-state index is 12.8. The summed E-state index contributed by atoms with van der Waals surface area (Å²) in [5.74, 6) is -3.87. The van der Waals surface area contributed by atoms with Crippen LogP contribution in [0.25, 0.3) is 0 Å². The Balaban J connectivity index is 0.000000509. The van der Waals surface area contributed by atoms with E-state index in [1.54, 1.807) is 18.2 Å². The number of rotatable bonds is 5. The molecule has 0 saturated carbocycles. The van der Waals surface area contributed by atoms with Crippen molar-refractivity contribution in [3.63, 3.8) is 0 Å². The van der Waals surface area contributed by atoms with Gasteiger partial charge in [0.25, 0.3) is 10.0 Å². The molecule has 1 saturated heterocycles. The first-order valence-electron chi connectivity index (χ1n) is 10.0. The van der Waals surface area contributed by atoms with Crippen molar-refractivity contribution in [3.8, 4) is 0 Å². The maximum Gasteiger partial charge on any atom is 0.490 e. The summed E-state index contributed by atoms with van der Waals surface area (Å²) in [6.45, 7) is 1.60. The summed E-state index contributed by atoms with van der Waals surface area (Å²) in [6.07, 6.45) is -0.802. The second-order valence-electron chi connectivity index (χ2n) is 7.28. The highest BCUT2D eigenvalue weighted by Crippen LogP contribution is 2.32. The van der Waals surface area contributed by atoms with Crippen LogP contribution in [-0.4, -0.2) is 49.8 Å². The predicted molar refractivity (Wildman–Crippen MR) is 120 cm³/mol. The number of hydrogen-bond acceptors (Lipinski definition) is 5. The van der Waals surface area contributed by atoms with Crippen LogP contribution in [0.4, 0.5) is 24.5 Å². The van der Waals surface area contributed by atoms with Crippen molar-refractivity contribution in [2.24, 2.45) is 0 Å². The van der Waals surface area contributed by atoms with Gasteiger partial charge in [-0.05, 0) is 43.2 Å². The van der Waals surface area contributed by atoms with E-state index in [0.29, 0.717) is 5.69 Å². The summed E-state index contributed by atoms with van der Waals surface area (Å²) >= 11 is 6.04. The predicted octanol–water partition coefficient (Wildman–Crippen LogP) is 4.85. The fourth-order valence-corrected chi connectivity index (χ4v) is 4.79. The number of aromatic carboxylic acids is 1. The van der Waals surface area contributed by atoms with Gasteiger partial charge in [0.2, 0.25) is 0 Å². The fourth-order valence-electron chi connectivity index (χ4n) is 3.20. The van der Waals surface area contributed by atoms with E-state index in [0.717, 1.165) is 38.8 Å². The minimum absolute atomic E-state index is 0.0189. The Morgan fingerprint density at radius 1 is 0.971 bits per heavy atom. The lowest BCUT2D eigenvalue weighted by molar-refractivity contribution is -0.192. The molecule has 0 unspecified atom stereocenters. The summed E-state index contributed by atoms with van der Waals surface area (Å²) in [7, 11) is -3.96. The highest BCUT2D eigenvalue weighted by molar-refractivity contribution is 7.92. The molecular formula is C21H22ClF3N2O6S. The van der Waals surface area contributed by atoms with Crippen LogP contribution in [0.15, 0.2) is 47.4 Å². The summed E-state index contributed by atoms with van der Waals surface area (Å²) in [5, 5.41) is 16.5. The van der Waals surface area contributed by atoms with Gasteiger partial charge in [-0.2, -0.15) is 13.2 Å². The van der Waals surface area contributed by atoms with Crippen molar-refractivity contribution in [2.75, 3.05) is 22.7 Å². The Labute approximate surface area is 199 Å². The molecule has 1 aliphatic heterocycles. The Morgan fingerprint density at radius 3 is 2.03 bits per heavy atom. The molecular weight excluding hydrogens is 501 g/mol. The molecule has 1 heterocycles. The Hall–Kier alpha value is -2.99. The van der Waals surface area contributed by atoms with Crippen molar-refractivity contribution in [1.29, 1.82) is 0 Å². The first-order chi connectivity index (χ1) is 15.8. The second-order valence-corrected chi connectivity index (χ2v) is 9.34. The lowest BCUT2D eigenvalue weighted by Gasteiger charge is -2.26. The summed E-state index contributed by atoms with van der Waals surface area (Å²) in [6, 6.07) is 10.7. The highest BCUT2D eigenvalue weighted by Gasteiger charge is 2.38. The number of anilines is 2. The van der Waals surface area contributed by atoms with Gasteiger partial charge in [-0.15, -0.1) is 0 Å². The van der Waals surface area contributed by atoms with Gasteiger partial charge >= 0.3 is 18.1 Å². The van der Waals surface area contributed by atoms with Crippen LogP contribution in [0.5, 0.6) is 0 Å². The van der Waals surface area contributed by atoms with Gasteiger partial charge in [0, 0.05) is 13.1 Å². The number of hydrogen-bond donors (Lipinski definition) is 3. The molecule has 0 radical (unpaired) electrons. The zero-order chi connectivity index (χ0) is 25.5. The van der Waals surface area contributed by atoms with E-state index >= 15 is 0 Å². The Morgan fingerprint density at radius 2 is 1.53 bits per heavy atom. The molecule has 186 valence electrons. The van der Waals surface area contributed by atoms with Crippen LogP contribution in [0.3, 0.4) is 0 Å². The zero-order valence-corrected chi connectivity index (χ0v) is 19.3. The second kappa shape index (κ2) is 11.4. The third-order valence-electron chi connectivity index (χ3n) is 4.80. The summed E-state index contributed by atoms with van der Waals surface area (Å²) in [4.78, 5) is 22.3. The molecule has 0 bridgehead atoms. The first kappa shape index (κ1) is 27.3. The summed E-state index contributed by atoms with van der Waals surface area (Å²) < 4.78 is 60.0. The fraction of sp³-hybridized carbons (Fsp3) is 0.333. The van der Waals surface area contributed by atoms with Crippen molar-refractivity contribution in [1.82, 2.24) is 0 Å². The van der Waals surface area contributed by atoms with Crippen LogP contribution in [0, 0.1) is 0 Å². The molecule has 0 amide bonds. The molecule has 0 aromatic heterocycles. The molecule has 2 aromatic rings. The van der Waals surface area contributed by atoms with Crippen molar-refractivity contribution >= 4 is 44.9 Å². The standard InChI is InChI=1S/C19H21ClN2O4S.C2HF3O2/c20-15-7-3-4-8-18(15)27(25,26)21-16-13-14(19(23)24)9-10-17(16)22-11-5-1-2-6-12-22;3-2(4,5)1(6)7/h3-4,7-10,13,21H,1-2,5-6,11-12H2,(H,23,24);(H,6,7). The van der Waals surface area contributed by atoms with Crippen LogP contribution >= 0.6 is 11.6 Å². The number of alkyl halides is 3. The van der Waals surface area contributed by atoms with E-state index in [9.17, 15) is 31.5 Å². The Kier molecular flexibility index (Phi) is 9.16. The SMILES string of the molecule is O=C(O)C(F)(F)F.O=C(O)c1ccc(N2CCCCCC2)c(NS(=O)(=O)c2ccccc2Cl)c1. The van der Waals surface area contributed by atoms with Crippen LogP contribution in [0.1, 0.15) is 36.0 Å². The van der Waals surface area contributed by atoms with Gasteiger partial charge in [-0.3, -0.25) is 4.72 Å². The molecule has 2 aromatic carbocycles. The third kappa shape index (κ3) is 7.52. The van der Waals surface area contributed by atoms with Crippen molar-refractivity contribution in [2.45, 2.75) is 36.8 Å². The monoisotopic (exact) mass is 522 g/mol. The molecule has 0 spiro atoms. The van der Waals surface area contributed by atoms with E-state index in [4.69, 9.17) is 21.5 Å². The number of sulfonamides is 1. The van der Waals surface area contributed by atoms with Crippen molar-refractivity contribution < 1.29 is 41.4 Å². The molecule has 0 aliphatic carbocycles. The number of benzene rings is 2. The summed E-state index contributed by atoms with van der Waals surface area (Å²) in [5.41, 5.74) is 0.944. The van der Waals surface area contributed by atoms with E-state index < -0.39 is 28.1 Å². The molecule has 1 aliphatic rings. The average Bonchev–Trinajstić information content (AvgIpc) is 3.03. The minimum atomic E-state index is -5.08. The smallest absolute Gasteiger partial charge is 0.478 e. The maximum absolute atomic E-state index is 12.8. The number of halogens is 4. The molecule has 1 fully saturated rings. The van der Waals surface area contributed by atoms with Gasteiger partial charge in [0.1, 0.15) is 4.90 Å². The molecule has 3 rings (SSSR count). The molecule has 34 heavy (non-hydrogen) atoms. The number of nitrogens with zero attached hydrogens (tertiary/aromatic N) is 1. The normalized spacial score (nSPS) is 14.4. The van der Waals surface area contributed by atoms with Gasteiger partial charge in [0.15, 0.2) is 0 Å². The van der Waals surface area contributed by atoms with Gasteiger partial charge in [-0.25, -0.2) is 18.0 Å². The molecule has 0 atom stereocenters. The largest absolute Gasteiger partial charge is 0.490 e. The van der Waals surface area contributed by atoms with Crippen molar-refractivity contribution in [3.05, 3.63) is 53.1 Å². The van der Waals surface area contributed by atoms with Crippen LogP contribution in [-0.2, 0) is 14.8 Å². The van der Waals surface area contributed by atoms with E-state index in [2.05, 4.69) is 9.62 Å². The molecule has 8 nitrogen and oxygen atoms in total.